The van der Waals surface area contributed by atoms with Gasteiger partial charge in [0.25, 0.3) is 5.91 Å². The summed E-state index contributed by atoms with van der Waals surface area (Å²) < 4.78 is 19.6. The molecule has 1 saturated heterocycles. The number of halogens is 1. The summed E-state index contributed by atoms with van der Waals surface area (Å²) in [7, 11) is 0. The molecule has 1 aliphatic rings. The Kier molecular flexibility index (Phi) is 9.09. The molecule has 0 aliphatic carbocycles. The first-order valence-corrected chi connectivity index (χ1v) is 14.1. The molecule has 42 heavy (non-hydrogen) atoms. The molecule has 0 spiro atoms. The highest BCUT2D eigenvalue weighted by Crippen LogP contribution is 2.36. The van der Waals surface area contributed by atoms with E-state index in [0.717, 1.165) is 40.7 Å². The van der Waals surface area contributed by atoms with Gasteiger partial charge in [0.2, 0.25) is 0 Å². The van der Waals surface area contributed by atoms with Gasteiger partial charge in [-0.25, -0.2) is 9.24 Å². The van der Waals surface area contributed by atoms with E-state index in [1.165, 1.54) is 12.1 Å². The van der Waals surface area contributed by atoms with Gasteiger partial charge in [-0.3, -0.25) is 4.79 Å². The molecule has 1 amide bonds. The van der Waals surface area contributed by atoms with Gasteiger partial charge >= 0.3 is 0 Å². The number of hydrogen-bond acceptors (Lipinski definition) is 4. The summed E-state index contributed by atoms with van der Waals surface area (Å²) in [5.41, 5.74) is 10.7. The number of carbonyl (C=O) groups is 1. The molecule has 214 valence electrons. The molecular formula is C35H34FN3O3. The summed E-state index contributed by atoms with van der Waals surface area (Å²) in [6, 6.07) is 28.8. The molecule has 0 radical (unpaired) electrons. The van der Waals surface area contributed by atoms with E-state index in [-0.39, 0.29) is 37.6 Å². The van der Waals surface area contributed by atoms with Crippen LogP contribution in [0.1, 0.15) is 45.9 Å². The van der Waals surface area contributed by atoms with Crippen LogP contribution in [0.2, 0.25) is 0 Å². The van der Waals surface area contributed by atoms with Crippen molar-refractivity contribution in [2.75, 3.05) is 19.8 Å². The zero-order valence-electron chi connectivity index (χ0n) is 23.4. The maximum Gasteiger partial charge on any atom is 0.254 e. The molecular weight excluding hydrogens is 529 g/mol. The van der Waals surface area contributed by atoms with Crippen molar-refractivity contribution >= 4 is 11.6 Å². The molecule has 1 fully saturated rings. The van der Waals surface area contributed by atoms with Gasteiger partial charge < -0.3 is 20.5 Å². The van der Waals surface area contributed by atoms with Gasteiger partial charge in [0, 0.05) is 12.1 Å². The van der Waals surface area contributed by atoms with Crippen LogP contribution in [-0.4, -0.2) is 41.2 Å². The number of nitrogens with two attached hydrogens (primary N) is 1. The van der Waals surface area contributed by atoms with E-state index >= 15 is 0 Å². The predicted molar refractivity (Wildman–Crippen MR) is 161 cm³/mol. The zero-order chi connectivity index (χ0) is 29.5. The SMILES string of the molecule is [C-]#[N+]c1ccccc1-c1cc(COCC(N)(CO)Cc2ccccc2)cc(C(=O)N2CCCC2c2ccc(F)cc2)c1. The Bertz CT molecular complexity index is 1570. The summed E-state index contributed by atoms with van der Waals surface area (Å²) in [6.45, 7) is 8.29. The number of amides is 1. The average Bonchev–Trinajstić information content (AvgIpc) is 3.51. The first kappa shape index (κ1) is 29.2. The van der Waals surface area contributed by atoms with Crippen LogP contribution in [0.4, 0.5) is 10.1 Å². The maximum atomic E-state index is 14.0. The number of benzene rings is 4. The summed E-state index contributed by atoms with van der Waals surface area (Å²) in [5.74, 6) is -0.435. The fourth-order valence-electron chi connectivity index (χ4n) is 5.60. The second-order valence-electron chi connectivity index (χ2n) is 10.9. The highest BCUT2D eigenvalue weighted by atomic mass is 19.1. The van der Waals surface area contributed by atoms with Crippen LogP contribution in [0.5, 0.6) is 0 Å². The minimum Gasteiger partial charge on any atom is -0.394 e. The number of likely N-dealkylation sites (tertiary alicyclic amines) is 1. The molecule has 0 saturated carbocycles. The normalized spacial score (nSPS) is 16.1. The molecule has 4 aromatic rings. The third-order valence-electron chi connectivity index (χ3n) is 7.72. The van der Waals surface area contributed by atoms with E-state index in [1.54, 1.807) is 18.2 Å². The average molecular weight is 564 g/mol. The van der Waals surface area contributed by atoms with Crippen LogP contribution in [0.15, 0.2) is 97.1 Å². The lowest BCUT2D eigenvalue weighted by Gasteiger charge is -2.27. The largest absolute Gasteiger partial charge is 0.394 e. The first-order valence-electron chi connectivity index (χ1n) is 14.1. The minimum absolute atomic E-state index is 0.114. The fourth-order valence-corrected chi connectivity index (χ4v) is 5.60. The topological polar surface area (TPSA) is 80.1 Å². The number of carbonyl (C=O) groups excluding carboxylic acids is 1. The van der Waals surface area contributed by atoms with Crippen molar-refractivity contribution in [2.45, 2.75) is 37.5 Å². The Balaban J connectivity index is 1.42. The maximum absolute atomic E-state index is 14.0. The number of nitrogens with zero attached hydrogens (tertiary/aromatic N) is 2. The van der Waals surface area contributed by atoms with Crippen molar-refractivity contribution in [3.63, 3.8) is 0 Å². The zero-order valence-corrected chi connectivity index (χ0v) is 23.4. The molecule has 5 rings (SSSR count). The Labute approximate surface area is 246 Å². The van der Waals surface area contributed by atoms with Crippen LogP contribution in [-0.2, 0) is 17.8 Å². The second kappa shape index (κ2) is 13.1. The highest BCUT2D eigenvalue weighted by Gasteiger charge is 2.31. The van der Waals surface area contributed by atoms with Crippen LogP contribution < -0.4 is 5.73 Å². The van der Waals surface area contributed by atoms with Gasteiger partial charge in [-0.1, -0.05) is 72.8 Å². The molecule has 4 aromatic carbocycles. The third kappa shape index (κ3) is 6.75. The van der Waals surface area contributed by atoms with E-state index in [4.69, 9.17) is 17.0 Å². The van der Waals surface area contributed by atoms with Gasteiger partial charge in [-0.15, -0.1) is 0 Å². The number of ether oxygens (including phenoxy) is 1. The molecule has 1 heterocycles. The number of aliphatic hydroxyl groups is 1. The highest BCUT2D eigenvalue weighted by molar-refractivity contribution is 5.97. The smallest absolute Gasteiger partial charge is 0.254 e. The number of para-hydroxylation sites is 1. The van der Waals surface area contributed by atoms with Crippen LogP contribution in [0.3, 0.4) is 0 Å². The molecule has 6 nitrogen and oxygen atoms in total. The Morgan fingerprint density at radius 1 is 1.02 bits per heavy atom. The Hall–Kier alpha value is -4.35. The summed E-state index contributed by atoms with van der Waals surface area (Å²) in [5, 5.41) is 10.1. The van der Waals surface area contributed by atoms with Crippen molar-refractivity contribution in [1.29, 1.82) is 0 Å². The van der Waals surface area contributed by atoms with Crippen molar-refractivity contribution in [3.8, 4) is 11.1 Å². The van der Waals surface area contributed by atoms with Crippen molar-refractivity contribution in [3.05, 3.63) is 137 Å². The van der Waals surface area contributed by atoms with Gasteiger partial charge in [-0.2, -0.15) is 0 Å². The van der Waals surface area contributed by atoms with E-state index in [9.17, 15) is 14.3 Å². The lowest BCUT2D eigenvalue weighted by atomic mass is 9.93. The molecule has 3 N–H and O–H groups in total. The molecule has 2 unspecified atom stereocenters. The monoisotopic (exact) mass is 563 g/mol. The molecule has 1 aliphatic heterocycles. The van der Waals surface area contributed by atoms with Crippen molar-refractivity contribution < 1.29 is 19.0 Å². The quantitative estimate of drug-likeness (QED) is 0.217. The van der Waals surface area contributed by atoms with Gasteiger partial charge in [0.15, 0.2) is 5.69 Å². The Morgan fingerprint density at radius 3 is 2.50 bits per heavy atom. The molecule has 0 aromatic heterocycles. The van der Waals surface area contributed by atoms with E-state index in [2.05, 4.69) is 4.85 Å². The molecule has 7 heteroatoms. The number of hydrogen-bond donors (Lipinski definition) is 2. The van der Waals surface area contributed by atoms with E-state index < -0.39 is 5.54 Å². The number of rotatable bonds is 10. The van der Waals surface area contributed by atoms with Crippen LogP contribution >= 0.6 is 0 Å². The van der Waals surface area contributed by atoms with Crippen molar-refractivity contribution in [1.82, 2.24) is 4.90 Å². The van der Waals surface area contributed by atoms with Crippen LogP contribution in [0.25, 0.3) is 16.0 Å². The third-order valence-corrected chi connectivity index (χ3v) is 7.72. The van der Waals surface area contributed by atoms with E-state index in [0.29, 0.717) is 24.2 Å². The first-order chi connectivity index (χ1) is 20.4. The van der Waals surface area contributed by atoms with Gasteiger partial charge in [0.05, 0.1) is 38.0 Å². The van der Waals surface area contributed by atoms with Crippen LogP contribution in [0, 0.1) is 12.4 Å². The van der Waals surface area contributed by atoms with Gasteiger partial charge in [0.1, 0.15) is 5.82 Å². The summed E-state index contributed by atoms with van der Waals surface area (Å²) in [4.78, 5) is 19.5. The summed E-state index contributed by atoms with van der Waals surface area (Å²) in [6.07, 6.45) is 2.10. The standard InChI is InChI=1S/C35H34FN3O3/c1-38-32-11-6-5-10-31(32)28-18-26(22-42-24-35(37,23-40)21-25-8-3-2-4-9-25)19-29(20-28)34(41)39-17-7-12-33(39)27-13-15-30(36)16-14-27/h2-6,8-11,13-16,18-20,33,40H,7,12,17,21-24,37H2. The minimum atomic E-state index is -0.966. The molecule has 2 atom stereocenters. The lowest BCUT2D eigenvalue weighted by Crippen LogP contribution is -2.50. The second-order valence-corrected chi connectivity index (χ2v) is 10.9. The predicted octanol–water partition coefficient (Wildman–Crippen LogP) is 6.47. The lowest BCUT2D eigenvalue weighted by molar-refractivity contribution is 0.0457. The Morgan fingerprint density at radius 2 is 1.76 bits per heavy atom. The van der Waals surface area contributed by atoms with Gasteiger partial charge in [-0.05, 0) is 71.3 Å². The van der Waals surface area contributed by atoms with Crippen molar-refractivity contribution in [2.24, 2.45) is 5.73 Å². The molecule has 0 bridgehead atoms. The number of aliphatic hydroxyl groups excluding tert-OH is 1. The van der Waals surface area contributed by atoms with E-state index in [1.807, 2.05) is 71.6 Å². The fraction of sp³-hybridized carbons (Fsp3) is 0.257. The summed E-state index contributed by atoms with van der Waals surface area (Å²) >= 11 is 0.